The molecular formula is C23H26N4O2. The smallest absolute Gasteiger partial charge is 0.253 e. The fourth-order valence-corrected chi connectivity index (χ4v) is 3.69. The van der Waals surface area contributed by atoms with Crippen LogP contribution in [0.15, 0.2) is 48.7 Å². The lowest BCUT2D eigenvalue weighted by molar-refractivity contribution is -0.122. The minimum absolute atomic E-state index is 0.122. The first-order valence-corrected chi connectivity index (χ1v) is 9.98. The average Bonchev–Trinajstić information content (AvgIpc) is 3.11. The summed E-state index contributed by atoms with van der Waals surface area (Å²) >= 11 is 0. The lowest BCUT2D eigenvalue weighted by atomic mass is 9.91. The topological polar surface area (TPSA) is 76.0 Å². The van der Waals surface area contributed by atoms with Gasteiger partial charge in [0.15, 0.2) is 0 Å². The summed E-state index contributed by atoms with van der Waals surface area (Å²) < 4.78 is 1.81. The standard InChI is InChI=1S/C23H26N4O2/c1-23(2,3)25-22(29)19-6-4-5-17-14-27(26-21(17)19)18-10-7-15(8-11-18)16-9-12-20(28)24-13-16/h4-8,10-11,14,16H,9,12-13H2,1-3H3,(H,24,28)(H,25,29). The van der Waals surface area contributed by atoms with Crippen LogP contribution >= 0.6 is 0 Å². The summed E-state index contributed by atoms with van der Waals surface area (Å²) in [6.45, 7) is 6.57. The van der Waals surface area contributed by atoms with Crippen molar-refractivity contribution in [3.63, 3.8) is 0 Å². The van der Waals surface area contributed by atoms with Gasteiger partial charge in [0, 0.05) is 36.0 Å². The molecule has 6 heteroatoms. The zero-order valence-electron chi connectivity index (χ0n) is 17.0. The molecule has 0 saturated carbocycles. The van der Waals surface area contributed by atoms with Crippen LogP contribution in [0, 0.1) is 0 Å². The maximum Gasteiger partial charge on any atom is 0.253 e. The van der Waals surface area contributed by atoms with Crippen molar-refractivity contribution in [3.8, 4) is 5.69 Å². The van der Waals surface area contributed by atoms with Gasteiger partial charge in [-0.1, -0.05) is 24.3 Å². The number of carbonyl (C=O) groups excluding carboxylic acids is 2. The Hall–Kier alpha value is -3.15. The molecule has 150 valence electrons. The molecule has 1 aliphatic heterocycles. The number of rotatable bonds is 3. The minimum Gasteiger partial charge on any atom is -0.355 e. The van der Waals surface area contributed by atoms with E-state index in [1.54, 1.807) is 6.07 Å². The number of hydrogen-bond acceptors (Lipinski definition) is 3. The van der Waals surface area contributed by atoms with E-state index in [0.29, 0.717) is 30.0 Å². The molecule has 4 rings (SSSR count). The van der Waals surface area contributed by atoms with E-state index in [1.165, 1.54) is 5.56 Å². The minimum atomic E-state index is -0.309. The van der Waals surface area contributed by atoms with E-state index >= 15 is 0 Å². The van der Waals surface area contributed by atoms with Crippen LogP contribution in [0.3, 0.4) is 0 Å². The number of nitrogens with zero attached hydrogens (tertiary/aromatic N) is 2. The first-order valence-electron chi connectivity index (χ1n) is 9.98. The van der Waals surface area contributed by atoms with Gasteiger partial charge in [-0.2, -0.15) is 5.10 Å². The molecule has 2 aromatic carbocycles. The number of aromatic nitrogens is 2. The highest BCUT2D eigenvalue weighted by molar-refractivity contribution is 6.05. The van der Waals surface area contributed by atoms with Gasteiger partial charge in [0.05, 0.1) is 11.3 Å². The van der Waals surface area contributed by atoms with Crippen molar-refractivity contribution in [2.75, 3.05) is 6.54 Å². The number of hydrogen-bond donors (Lipinski definition) is 2. The van der Waals surface area contributed by atoms with Crippen molar-refractivity contribution >= 4 is 22.7 Å². The Morgan fingerprint density at radius 2 is 1.93 bits per heavy atom. The Labute approximate surface area is 170 Å². The molecule has 0 spiro atoms. The third-order valence-corrected chi connectivity index (χ3v) is 5.16. The lowest BCUT2D eigenvalue weighted by Crippen LogP contribution is -2.40. The van der Waals surface area contributed by atoms with Gasteiger partial charge >= 0.3 is 0 Å². The zero-order chi connectivity index (χ0) is 20.6. The average molecular weight is 390 g/mol. The molecule has 1 aromatic heterocycles. The molecule has 0 radical (unpaired) electrons. The highest BCUT2D eigenvalue weighted by atomic mass is 16.2. The number of amides is 2. The van der Waals surface area contributed by atoms with E-state index < -0.39 is 0 Å². The molecule has 6 nitrogen and oxygen atoms in total. The maximum atomic E-state index is 12.7. The molecule has 2 amide bonds. The van der Waals surface area contributed by atoms with E-state index in [4.69, 9.17) is 0 Å². The van der Waals surface area contributed by atoms with Gasteiger partial charge in [0.25, 0.3) is 5.91 Å². The van der Waals surface area contributed by atoms with Gasteiger partial charge in [-0.05, 0) is 51.0 Å². The molecule has 29 heavy (non-hydrogen) atoms. The van der Waals surface area contributed by atoms with Crippen LogP contribution in [0.5, 0.6) is 0 Å². The van der Waals surface area contributed by atoms with Crippen molar-refractivity contribution in [2.24, 2.45) is 0 Å². The van der Waals surface area contributed by atoms with E-state index in [9.17, 15) is 9.59 Å². The van der Waals surface area contributed by atoms with Gasteiger partial charge in [-0.3, -0.25) is 9.59 Å². The van der Waals surface area contributed by atoms with Crippen molar-refractivity contribution in [1.82, 2.24) is 20.4 Å². The first kappa shape index (κ1) is 19.2. The summed E-state index contributed by atoms with van der Waals surface area (Å²) in [6.07, 6.45) is 3.40. The molecule has 1 saturated heterocycles. The van der Waals surface area contributed by atoms with E-state index in [-0.39, 0.29) is 17.4 Å². The second-order valence-electron chi connectivity index (χ2n) is 8.65. The summed E-state index contributed by atoms with van der Waals surface area (Å²) in [7, 11) is 0. The molecule has 1 fully saturated rings. The number of fused-ring (bicyclic) bond motifs is 1. The van der Waals surface area contributed by atoms with Crippen LogP contribution in [-0.2, 0) is 4.79 Å². The monoisotopic (exact) mass is 390 g/mol. The van der Waals surface area contributed by atoms with Crippen LogP contribution in [0.4, 0.5) is 0 Å². The Balaban J connectivity index is 1.61. The third kappa shape index (κ3) is 4.16. The Bertz CT molecular complexity index is 1050. The lowest BCUT2D eigenvalue weighted by Gasteiger charge is -2.22. The number of carbonyl (C=O) groups is 2. The van der Waals surface area contributed by atoms with E-state index in [2.05, 4.69) is 27.9 Å². The normalized spacial score (nSPS) is 17.2. The molecular weight excluding hydrogens is 364 g/mol. The van der Waals surface area contributed by atoms with Gasteiger partial charge in [0.2, 0.25) is 5.91 Å². The SMILES string of the molecule is CC(C)(C)NC(=O)c1cccc2cn(-c3ccc(C4CCC(=O)NC4)cc3)nc12. The highest BCUT2D eigenvalue weighted by Crippen LogP contribution is 2.25. The van der Waals surface area contributed by atoms with Crippen molar-refractivity contribution in [1.29, 1.82) is 0 Å². The molecule has 1 aliphatic rings. The summed E-state index contributed by atoms with van der Waals surface area (Å²) in [6, 6.07) is 13.9. The predicted molar refractivity (Wildman–Crippen MR) is 113 cm³/mol. The Morgan fingerprint density at radius 3 is 2.59 bits per heavy atom. The third-order valence-electron chi connectivity index (χ3n) is 5.16. The van der Waals surface area contributed by atoms with E-state index in [1.807, 2.05) is 55.9 Å². The molecule has 1 atom stereocenters. The van der Waals surface area contributed by atoms with Crippen LogP contribution in [0.25, 0.3) is 16.6 Å². The predicted octanol–water partition coefficient (Wildman–Crippen LogP) is 3.55. The second-order valence-corrected chi connectivity index (χ2v) is 8.65. The molecule has 2 heterocycles. The van der Waals surface area contributed by atoms with Crippen molar-refractivity contribution in [3.05, 3.63) is 59.8 Å². The first-order chi connectivity index (χ1) is 13.8. The van der Waals surface area contributed by atoms with Gasteiger partial charge in [-0.25, -0.2) is 4.68 Å². The number of nitrogens with one attached hydrogen (secondary N) is 2. The molecule has 2 N–H and O–H groups in total. The largest absolute Gasteiger partial charge is 0.355 e. The summed E-state index contributed by atoms with van der Waals surface area (Å²) in [5, 5.41) is 11.5. The van der Waals surface area contributed by atoms with E-state index in [0.717, 1.165) is 17.5 Å². The van der Waals surface area contributed by atoms with Crippen LogP contribution < -0.4 is 10.6 Å². The number of piperidine rings is 1. The summed E-state index contributed by atoms with van der Waals surface area (Å²) in [4.78, 5) is 24.0. The van der Waals surface area contributed by atoms with Crippen LogP contribution in [0.2, 0.25) is 0 Å². The fraction of sp³-hybridized carbons (Fsp3) is 0.348. The van der Waals surface area contributed by atoms with Crippen LogP contribution in [0.1, 0.15) is 55.5 Å². The van der Waals surface area contributed by atoms with Gasteiger partial charge in [0.1, 0.15) is 5.52 Å². The summed E-state index contributed by atoms with van der Waals surface area (Å²) in [5.74, 6) is 0.363. The number of benzene rings is 2. The highest BCUT2D eigenvalue weighted by Gasteiger charge is 2.20. The zero-order valence-corrected chi connectivity index (χ0v) is 17.0. The Kier molecular flexibility index (Phi) is 4.86. The molecule has 3 aromatic rings. The quantitative estimate of drug-likeness (QED) is 0.718. The second kappa shape index (κ2) is 7.35. The van der Waals surface area contributed by atoms with Crippen molar-refractivity contribution < 1.29 is 9.59 Å². The van der Waals surface area contributed by atoms with Crippen molar-refractivity contribution in [2.45, 2.75) is 45.1 Å². The maximum absolute atomic E-state index is 12.7. The van der Waals surface area contributed by atoms with Gasteiger partial charge in [-0.15, -0.1) is 0 Å². The van der Waals surface area contributed by atoms with Gasteiger partial charge < -0.3 is 10.6 Å². The summed E-state index contributed by atoms with van der Waals surface area (Å²) in [5.41, 5.74) is 3.11. The molecule has 0 aliphatic carbocycles. The molecule has 1 unspecified atom stereocenters. The van der Waals surface area contributed by atoms with Crippen LogP contribution in [-0.4, -0.2) is 33.7 Å². The molecule has 0 bridgehead atoms. The fourth-order valence-electron chi connectivity index (χ4n) is 3.69. The Morgan fingerprint density at radius 1 is 1.17 bits per heavy atom.